The largest absolute Gasteiger partial charge is 0.478 e. The number of hydrogen-bond acceptors (Lipinski definition) is 2. The molecular weight excluding hydrogens is 297 g/mol. The van der Waals surface area contributed by atoms with Crippen LogP contribution in [0.25, 0.3) is 0 Å². The van der Waals surface area contributed by atoms with Crippen molar-refractivity contribution in [3.05, 3.63) is 63.6 Å². The highest BCUT2D eigenvalue weighted by atomic mass is 35.5. The second-order valence-electron chi connectivity index (χ2n) is 4.41. The highest BCUT2D eigenvalue weighted by Gasteiger charge is 2.10. The lowest BCUT2D eigenvalue weighted by atomic mass is 10.1. The molecule has 5 heteroatoms. The molecule has 0 radical (unpaired) electrons. The summed E-state index contributed by atoms with van der Waals surface area (Å²) in [5.74, 6) is -0.939. The molecule has 2 rings (SSSR count). The van der Waals surface area contributed by atoms with Crippen molar-refractivity contribution in [1.29, 1.82) is 0 Å². The third kappa shape index (κ3) is 3.44. The molecular formula is C15H13Cl2NO2. The summed E-state index contributed by atoms with van der Waals surface area (Å²) in [5.41, 5.74) is 2.01. The molecule has 0 heterocycles. The zero-order chi connectivity index (χ0) is 14.7. The topological polar surface area (TPSA) is 49.3 Å². The summed E-state index contributed by atoms with van der Waals surface area (Å²) in [6.45, 7) is 1.97. The van der Waals surface area contributed by atoms with Crippen LogP contribution in [0, 0.1) is 0 Å². The van der Waals surface area contributed by atoms with E-state index in [0.29, 0.717) is 10.0 Å². The van der Waals surface area contributed by atoms with E-state index in [-0.39, 0.29) is 11.6 Å². The molecule has 0 amide bonds. The molecule has 0 aromatic heterocycles. The minimum Gasteiger partial charge on any atom is -0.478 e. The fourth-order valence-corrected chi connectivity index (χ4v) is 2.46. The zero-order valence-electron chi connectivity index (χ0n) is 10.7. The summed E-state index contributed by atoms with van der Waals surface area (Å²) < 4.78 is 0. The average molecular weight is 310 g/mol. The monoisotopic (exact) mass is 309 g/mol. The van der Waals surface area contributed by atoms with Gasteiger partial charge in [0.2, 0.25) is 0 Å². The van der Waals surface area contributed by atoms with Gasteiger partial charge in [0.15, 0.2) is 0 Å². The van der Waals surface area contributed by atoms with Gasteiger partial charge in [-0.15, -0.1) is 0 Å². The van der Waals surface area contributed by atoms with Gasteiger partial charge in [0, 0.05) is 21.8 Å². The summed E-state index contributed by atoms with van der Waals surface area (Å²) >= 11 is 12.0. The third-order valence-corrected chi connectivity index (χ3v) is 3.51. The van der Waals surface area contributed by atoms with E-state index in [0.717, 1.165) is 11.3 Å². The molecule has 104 valence electrons. The van der Waals surface area contributed by atoms with Gasteiger partial charge in [-0.25, -0.2) is 4.79 Å². The van der Waals surface area contributed by atoms with Crippen LogP contribution in [0.3, 0.4) is 0 Å². The molecule has 2 N–H and O–H groups in total. The predicted octanol–water partition coefficient (Wildman–Crippen LogP) is 4.86. The first kappa shape index (κ1) is 14.7. The number of aromatic carboxylic acids is 1. The van der Waals surface area contributed by atoms with Crippen molar-refractivity contribution in [3.63, 3.8) is 0 Å². The number of carboxylic acids is 1. The van der Waals surface area contributed by atoms with Gasteiger partial charge in [-0.1, -0.05) is 29.3 Å². The van der Waals surface area contributed by atoms with Crippen LogP contribution in [0.5, 0.6) is 0 Å². The number of rotatable bonds is 4. The van der Waals surface area contributed by atoms with Crippen molar-refractivity contribution in [3.8, 4) is 0 Å². The van der Waals surface area contributed by atoms with E-state index in [1.807, 2.05) is 13.0 Å². The SMILES string of the molecule is CC(Nc1ccc(C(=O)O)cc1)c1ccc(Cl)cc1Cl. The fraction of sp³-hybridized carbons (Fsp3) is 0.133. The molecule has 2 aromatic rings. The predicted molar refractivity (Wildman–Crippen MR) is 81.9 cm³/mol. The van der Waals surface area contributed by atoms with E-state index in [1.165, 1.54) is 0 Å². The Balaban J connectivity index is 2.14. The first-order chi connectivity index (χ1) is 9.47. The number of nitrogens with one attached hydrogen (secondary N) is 1. The lowest BCUT2D eigenvalue weighted by Crippen LogP contribution is -2.07. The molecule has 0 fully saturated rings. The molecule has 20 heavy (non-hydrogen) atoms. The maximum Gasteiger partial charge on any atom is 0.335 e. The van der Waals surface area contributed by atoms with Gasteiger partial charge in [0.05, 0.1) is 5.56 Å². The summed E-state index contributed by atoms with van der Waals surface area (Å²) in [7, 11) is 0. The molecule has 0 aliphatic rings. The lowest BCUT2D eigenvalue weighted by molar-refractivity contribution is 0.0697. The van der Waals surface area contributed by atoms with Crippen LogP contribution in [0.2, 0.25) is 10.0 Å². The maximum absolute atomic E-state index is 10.8. The highest BCUT2D eigenvalue weighted by molar-refractivity contribution is 6.35. The highest BCUT2D eigenvalue weighted by Crippen LogP contribution is 2.28. The maximum atomic E-state index is 10.8. The number of hydrogen-bond donors (Lipinski definition) is 2. The Kier molecular flexibility index (Phi) is 4.53. The van der Waals surface area contributed by atoms with E-state index in [2.05, 4.69) is 5.32 Å². The van der Waals surface area contributed by atoms with Gasteiger partial charge in [-0.3, -0.25) is 0 Å². The van der Waals surface area contributed by atoms with Gasteiger partial charge in [-0.05, 0) is 48.9 Å². The molecule has 3 nitrogen and oxygen atoms in total. The molecule has 0 saturated carbocycles. The molecule has 0 spiro atoms. The van der Waals surface area contributed by atoms with Gasteiger partial charge in [0.1, 0.15) is 0 Å². The standard InChI is InChI=1S/C15H13Cl2NO2/c1-9(13-7-4-11(16)8-14(13)17)18-12-5-2-10(3-6-12)15(19)20/h2-9,18H,1H3,(H,19,20). The molecule has 0 aliphatic heterocycles. The lowest BCUT2D eigenvalue weighted by Gasteiger charge is -2.17. The van der Waals surface area contributed by atoms with Crippen LogP contribution in [0.4, 0.5) is 5.69 Å². The Bertz CT molecular complexity index is 626. The van der Waals surface area contributed by atoms with Gasteiger partial charge in [0.25, 0.3) is 0 Å². The molecule has 0 bridgehead atoms. The Labute approximate surface area is 127 Å². The summed E-state index contributed by atoms with van der Waals surface area (Å²) in [4.78, 5) is 10.8. The average Bonchev–Trinajstić information content (AvgIpc) is 2.39. The van der Waals surface area contributed by atoms with Crippen LogP contribution >= 0.6 is 23.2 Å². The molecule has 2 aromatic carbocycles. The van der Waals surface area contributed by atoms with Crippen LogP contribution in [0.1, 0.15) is 28.9 Å². The first-order valence-electron chi connectivity index (χ1n) is 6.02. The summed E-state index contributed by atoms with van der Waals surface area (Å²) in [5, 5.41) is 13.3. The number of carbonyl (C=O) groups is 1. The Hall–Kier alpha value is -1.71. The summed E-state index contributed by atoms with van der Waals surface area (Å²) in [6.07, 6.45) is 0. The van der Waals surface area contributed by atoms with E-state index in [1.54, 1.807) is 36.4 Å². The van der Waals surface area contributed by atoms with Gasteiger partial charge in [-0.2, -0.15) is 0 Å². The van der Waals surface area contributed by atoms with Crippen molar-refractivity contribution in [2.75, 3.05) is 5.32 Å². The van der Waals surface area contributed by atoms with E-state index in [9.17, 15) is 4.79 Å². The van der Waals surface area contributed by atoms with Crippen molar-refractivity contribution in [2.24, 2.45) is 0 Å². The quantitative estimate of drug-likeness (QED) is 0.847. The van der Waals surface area contributed by atoms with Crippen LogP contribution < -0.4 is 5.32 Å². The Morgan fingerprint density at radius 2 is 1.80 bits per heavy atom. The molecule has 1 atom stereocenters. The van der Waals surface area contributed by atoms with Crippen molar-refractivity contribution >= 4 is 34.9 Å². The normalized spacial score (nSPS) is 11.9. The second kappa shape index (κ2) is 6.16. The summed E-state index contributed by atoms with van der Waals surface area (Å²) in [6, 6.07) is 11.9. The Morgan fingerprint density at radius 1 is 1.15 bits per heavy atom. The van der Waals surface area contributed by atoms with Crippen molar-refractivity contribution < 1.29 is 9.90 Å². The van der Waals surface area contributed by atoms with E-state index < -0.39 is 5.97 Å². The minimum atomic E-state index is -0.939. The number of halogens is 2. The van der Waals surface area contributed by atoms with Crippen LogP contribution in [-0.4, -0.2) is 11.1 Å². The van der Waals surface area contributed by atoms with Gasteiger partial charge < -0.3 is 10.4 Å². The fourth-order valence-electron chi connectivity index (χ4n) is 1.89. The van der Waals surface area contributed by atoms with Gasteiger partial charge >= 0.3 is 5.97 Å². The van der Waals surface area contributed by atoms with Crippen molar-refractivity contribution in [2.45, 2.75) is 13.0 Å². The second-order valence-corrected chi connectivity index (χ2v) is 5.26. The third-order valence-electron chi connectivity index (χ3n) is 2.94. The van der Waals surface area contributed by atoms with Crippen LogP contribution in [-0.2, 0) is 0 Å². The minimum absolute atomic E-state index is 0.0181. The molecule has 1 unspecified atom stereocenters. The molecule has 0 saturated heterocycles. The first-order valence-corrected chi connectivity index (χ1v) is 6.78. The smallest absolute Gasteiger partial charge is 0.335 e. The number of anilines is 1. The van der Waals surface area contributed by atoms with Crippen molar-refractivity contribution in [1.82, 2.24) is 0 Å². The zero-order valence-corrected chi connectivity index (χ0v) is 12.2. The van der Waals surface area contributed by atoms with E-state index in [4.69, 9.17) is 28.3 Å². The van der Waals surface area contributed by atoms with Crippen LogP contribution in [0.15, 0.2) is 42.5 Å². The number of carboxylic acid groups (broad SMARTS) is 1. The van der Waals surface area contributed by atoms with E-state index >= 15 is 0 Å². The Morgan fingerprint density at radius 3 is 2.35 bits per heavy atom. The number of benzene rings is 2. The molecule has 0 aliphatic carbocycles.